The fourth-order valence-corrected chi connectivity index (χ4v) is 2.28. The van der Waals surface area contributed by atoms with E-state index in [0.717, 1.165) is 22.6 Å². The molecule has 0 aliphatic rings. The number of aromatic nitrogens is 2. The van der Waals surface area contributed by atoms with Gasteiger partial charge < -0.3 is 4.42 Å². The molecule has 0 saturated heterocycles. The topological polar surface area (TPSA) is 69.0 Å². The van der Waals surface area contributed by atoms with Crippen LogP contribution in [0.5, 0.6) is 0 Å². The van der Waals surface area contributed by atoms with Crippen LogP contribution in [-0.4, -0.2) is 9.78 Å². The SMILES string of the molecule is Cc1cc(C(Cc2c(C)nn(C)c2Cl)NN)co1. The second-order valence-corrected chi connectivity index (χ2v) is 4.75. The Kier molecular flexibility index (Phi) is 3.75. The number of furan rings is 1. The Morgan fingerprint density at radius 2 is 2.28 bits per heavy atom. The van der Waals surface area contributed by atoms with Crippen LogP contribution in [0, 0.1) is 13.8 Å². The standard InChI is InChI=1S/C12H17ClN4O/c1-7-4-9(6-18-7)11(15-14)5-10-8(2)16-17(3)12(10)13/h4,6,11,15H,5,14H2,1-3H3. The van der Waals surface area contributed by atoms with E-state index in [1.165, 1.54) is 0 Å². The molecule has 18 heavy (non-hydrogen) atoms. The summed E-state index contributed by atoms with van der Waals surface area (Å²) in [5, 5.41) is 4.94. The molecule has 0 saturated carbocycles. The first-order valence-corrected chi connectivity index (χ1v) is 6.10. The van der Waals surface area contributed by atoms with Gasteiger partial charge in [-0.15, -0.1) is 0 Å². The Hall–Kier alpha value is -1.30. The Bertz CT molecular complexity index is 546. The zero-order valence-corrected chi connectivity index (χ0v) is 11.5. The molecule has 2 heterocycles. The highest BCUT2D eigenvalue weighted by molar-refractivity contribution is 6.30. The fraction of sp³-hybridized carbons (Fsp3) is 0.417. The molecule has 2 aromatic heterocycles. The third-order valence-corrected chi connectivity index (χ3v) is 3.51. The van der Waals surface area contributed by atoms with E-state index in [2.05, 4.69) is 10.5 Å². The lowest BCUT2D eigenvalue weighted by Crippen LogP contribution is -2.29. The van der Waals surface area contributed by atoms with Crippen molar-refractivity contribution >= 4 is 11.6 Å². The average molecular weight is 269 g/mol. The summed E-state index contributed by atoms with van der Waals surface area (Å²) in [5.41, 5.74) is 5.72. The number of hydrogen-bond donors (Lipinski definition) is 2. The number of hydrogen-bond acceptors (Lipinski definition) is 4. The first-order valence-electron chi connectivity index (χ1n) is 5.72. The Labute approximate surface area is 111 Å². The van der Waals surface area contributed by atoms with E-state index in [0.29, 0.717) is 11.6 Å². The van der Waals surface area contributed by atoms with Gasteiger partial charge in [0.2, 0.25) is 0 Å². The van der Waals surface area contributed by atoms with Gasteiger partial charge in [0.1, 0.15) is 10.9 Å². The molecule has 2 rings (SSSR count). The van der Waals surface area contributed by atoms with Crippen LogP contribution in [0.25, 0.3) is 0 Å². The van der Waals surface area contributed by atoms with E-state index in [4.69, 9.17) is 21.9 Å². The van der Waals surface area contributed by atoms with E-state index in [1.54, 1.807) is 10.9 Å². The van der Waals surface area contributed by atoms with Gasteiger partial charge in [-0.25, -0.2) is 0 Å². The maximum Gasteiger partial charge on any atom is 0.130 e. The first-order chi connectivity index (χ1) is 8.52. The zero-order chi connectivity index (χ0) is 13.3. The van der Waals surface area contributed by atoms with Crippen molar-refractivity contribution in [3.05, 3.63) is 40.1 Å². The molecular weight excluding hydrogens is 252 g/mol. The molecule has 0 spiro atoms. The van der Waals surface area contributed by atoms with Crippen molar-refractivity contribution in [2.24, 2.45) is 12.9 Å². The predicted molar refractivity (Wildman–Crippen MR) is 70.2 cm³/mol. The highest BCUT2D eigenvalue weighted by Crippen LogP contribution is 2.26. The molecule has 1 unspecified atom stereocenters. The molecule has 1 atom stereocenters. The molecule has 0 amide bonds. The number of aryl methyl sites for hydroxylation is 3. The normalized spacial score (nSPS) is 12.9. The number of hydrazine groups is 1. The van der Waals surface area contributed by atoms with Crippen molar-refractivity contribution in [2.45, 2.75) is 26.3 Å². The third kappa shape index (κ3) is 2.43. The molecule has 2 aromatic rings. The third-order valence-electron chi connectivity index (χ3n) is 3.03. The molecule has 3 N–H and O–H groups in total. The minimum absolute atomic E-state index is 0.0390. The second kappa shape index (κ2) is 5.14. The summed E-state index contributed by atoms with van der Waals surface area (Å²) < 4.78 is 6.97. The highest BCUT2D eigenvalue weighted by atomic mass is 35.5. The maximum atomic E-state index is 6.22. The molecule has 0 aromatic carbocycles. The minimum Gasteiger partial charge on any atom is -0.469 e. The lowest BCUT2D eigenvalue weighted by Gasteiger charge is -2.13. The van der Waals surface area contributed by atoms with Gasteiger partial charge in [0, 0.05) is 18.2 Å². The Morgan fingerprint density at radius 3 is 2.72 bits per heavy atom. The number of nitrogens with one attached hydrogen (secondary N) is 1. The van der Waals surface area contributed by atoms with Gasteiger partial charge in [-0.3, -0.25) is 16.0 Å². The molecule has 5 nitrogen and oxygen atoms in total. The van der Waals surface area contributed by atoms with Gasteiger partial charge in [0.25, 0.3) is 0 Å². The number of rotatable bonds is 4. The van der Waals surface area contributed by atoms with Crippen molar-refractivity contribution < 1.29 is 4.42 Å². The van der Waals surface area contributed by atoms with Crippen LogP contribution < -0.4 is 11.3 Å². The van der Waals surface area contributed by atoms with Gasteiger partial charge in [-0.2, -0.15) is 5.10 Å². The Morgan fingerprint density at radius 1 is 1.56 bits per heavy atom. The molecule has 6 heteroatoms. The average Bonchev–Trinajstić information content (AvgIpc) is 2.84. The van der Waals surface area contributed by atoms with Crippen LogP contribution in [0.4, 0.5) is 0 Å². The number of nitrogens with zero attached hydrogens (tertiary/aromatic N) is 2. The van der Waals surface area contributed by atoms with Gasteiger partial charge in [-0.1, -0.05) is 11.6 Å². The van der Waals surface area contributed by atoms with Crippen molar-refractivity contribution in [3.63, 3.8) is 0 Å². The van der Waals surface area contributed by atoms with Crippen molar-refractivity contribution in [1.82, 2.24) is 15.2 Å². The first kappa shape index (κ1) is 13.1. The smallest absolute Gasteiger partial charge is 0.130 e. The summed E-state index contributed by atoms with van der Waals surface area (Å²) in [6, 6.07) is 1.92. The minimum atomic E-state index is -0.0390. The van der Waals surface area contributed by atoms with Crippen LogP contribution in [0.2, 0.25) is 5.15 Å². The largest absolute Gasteiger partial charge is 0.469 e. The van der Waals surface area contributed by atoms with E-state index < -0.39 is 0 Å². The molecule has 0 radical (unpaired) electrons. The maximum absolute atomic E-state index is 6.22. The Balaban J connectivity index is 2.25. The van der Waals surface area contributed by atoms with Crippen molar-refractivity contribution in [1.29, 1.82) is 0 Å². The predicted octanol–water partition coefficient (Wildman–Crippen LogP) is 2.03. The van der Waals surface area contributed by atoms with Crippen LogP contribution >= 0.6 is 11.6 Å². The quantitative estimate of drug-likeness (QED) is 0.658. The summed E-state index contributed by atoms with van der Waals surface area (Å²) in [4.78, 5) is 0. The van der Waals surface area contributed by atoms with Crippen LogP contribution in [-0.2, 0) is 13.5 Å². The van der Waals surface area contributed by atoms with Crippen molar-refractivity contribution in [2.75, 3.05) is 0 Å². The van der Waals surface area contributed by atoms with E-state index >= 15 is 0 Å². The van der Waals surface area contributed by atoms with Gasteiger partial charge in [-0.05, 0) is 26.3 Å². The lowest BCUT2D eigenvalue weighted by atomic mass is 10.0. The van der Waals surface area contributed by atoms with Crippen LogP contribution in [0.1, 0.15) is 28.6 Å². The number of halogens is 1. The summed E-state index contributed by atoms with van der Waals surface area (Å²) in [6.45, 7) is 3.84. The van der Waals surface area contributed by atoms with Crippen molar-refractivity contribution in [3.8, 4) is 0 Å². The molecule has 0 aliphatic carbocycles. The van der Waals surface area contributed by atoms with E-state index in [9.17, 15) is 0 Å². The van der Waals surface area contributed by atoms with E-state index in [-0.39, 0.29) is 6.04 Å². The second-order valence-electron chi connectivity index (χ2n) is 4.39. The summed E-state index contributed by atoms with van der Waals surface area (Å²) in [6.07, 6.45) is 2.38. The van der Waals surface area contributed by atoms with Crippen LogP contribution in [0.15, 0.2) is 16.7 Å². The molecule has 98 valence electrons. The molecular formula is C12H17ClN4O. The molecule has 0 bridgehead atoms. The fourth-order valence-electron chi connectivity index (χ4n) is 2.03. The molecule has 0 fully saturated rings. The molecule has 0 aliphatic heterocycles. The zero-order valence-electron chi connectivity index (χ0n) is 10.7. The summed E-state index contributed by atoms with van der Waals surface area (Å²) in [7, 11) is 1.83. The monoisotopic (exact) mass is 268 g/mol. The lowest BCUT2D eigenvalue weighted by molar-refractivity contribution is 0.511. The summed E-state index contributed by atoms with van der Waals surface area (Å²) in [5.74, 6) is 6.47. The summed E-state index contributed by atoms with van der Waals surface area (Å²) >= 11 is 6.22. The number of nitrogens with two attached hydrogens (primary N) is 1. The van der Waals surface area contributed by atoms with E-state index in [1.807, 2.05) is 27.0 Å². The van der Waals surface area contributed by atoms with Crippen LogP contribution in [0.3, 0.4) is 0 Å². The van der Waals surface area contributed by atoms with Gasteiger partial charge in [0.15, 0.2) is 0 Å². The van der Waals surface area contributed by atoms with Gasteiger partial charge >= 0.3 is 0 Å². The van der Waals surface area contributed by atoms with Gasteiger partial charge in [0.05, 0.1) is 18.0 Å². The highest BCUT2D eigenvalue weighted by Gasteiger charge is 2.19.